The Morgan fingerprint density at radius 3 is 1.67 bits per heavy atom. The number of benzene rings is 9. The summed E-state index contributed by atoms with van der Waals surface area (Å²) in [6, 6.07) is 67.2. The Bertz CT molecular complexity index is 3820. The summed E-state index contributed by atoms with van der Waals surface area (Å²) < 4.78 is 15.8. The molecule has 61 heavy (non-hydrogen) atoms. The number of rotatable bonds is 5. The minimum absolute atomic E-state index is 0.522. The third kappa shape index (κ3) is 5.12. The van der Waals surface area contributed by atoms with E-state index < -0.39 is 0 Å². The second-order valence-corrected chi connectivity index (χ2v) is 15.5. The summed E-state index contributed by atoms with van der Waals surface area (Å²) in [5, 5.41) is 8.63. The van der Waals surface area contributed by atoms with Gasteiger partial charge in [-0.3, -0.25) is 4.57 Å². The molecule has 4 aromatic heterocycles. The van der Waals surface area contributed by atoms with E-state index in [1.807, 2.05) is 18.2 Å². The van der Waals surface area contributed by atoms with Crippen LogP contribution in [0.4, 0.5) is 0 Å². The van der Waals surface area contributed by atoms with Crippen LogP contribution in [0.15, 0.2) is 203 Å². The molecule has 0 spiro atoms. The summed E-state index contributed by atoms with van der Waals surface area (Å²) in [4.78, 5) is 15.8. The fourth-order valence-corrected chi connectivity index (χ4v) is 9.32. The van der Waals surface area contributed by atoms with Gasteiger partial charge < -0.3 is 8.83 Å². The van der Waals surface area contributed by atoms with E-state index in [-0.39, 0.29) is 0 Å². The molecule has 0 bridgehead atoms. The van der Waals surface area contributed by atoms with Gasteiger partial charge in [-0.25, -0.2) is 4.98 Å². The van der Waals surface area contributed by atoms with E-state index in [0.29, 0.717) is 23.2 Å². The Labute approximate surface area is 348 Å². The lowest BCUT2D eigenvalue weighted by Gasteiger charge is -2.11. The molecular weight excluding hydrogens is 749 g/mol. The van der Waals surface area contributed by atoms with Crippen molar-refractivity contribution in [3.05, 3.63) is 194 Å². The first kappa shape index (κ1) is 33.6. The minimum atomic E-state index is 0.522. The van der Waals surface area contributed by atoms with Gasteiger partial charge in [0.15, 0.2) is 11.6 Å². The van der Waals surface area contributed by atoms with Crippen molar-refractivity contribution in [3.63, 3.8) is 0 Å². The van der Waals surface area contributed by atoms with Crippen LogP contribution in [0.3, 0.4) is 0 Å². The van der Waals surface area contributed by atoms with Crippen LogP contribution >= 0.6 is 0 Å². The Balaban J connectivity index is 1.07. The van der Waals surface area contributed by atoms with Gasteiger partial charge in [0.1, 0.15) is 22.3 Å². The van der Waals surface area contributed by atoms with E-state index in [4.69, 9.17) is 23.8 Å². The first-order valence-corrected chi connectivity index (χ1v) is 20.4. The molecule has 6 heteroatoms. The highest BCUT2D eigenvalue weighted by Crippen LogP contribution is 2.46. The lowest BCUT2D eigenvalue weighted by Crippen LogP contribution is -2.06. The highest BCUT2D eigenvalue weighted by molar-refractivity contribution is 6.24. The maximum atomic E-state index is 7.15. The van der Waals surface area contributed by atoms with Gasteiger partial charge in [0.25, 0.3) is 0 Å². The van der Waals surface area contributed by atoms with Crippen molar-refractivity contribution in [3.8, 4) is 51.0 Å². The van der Waals surface area contributed by atoms with Gasteiger partial charge in [-0.1, -0.05) is 164 Å². The molecule has 284 valence electrons. The van der Waals surface area contributed by atoms with Crippen LogP contribution in [0.5, 0.6) is 0 Å². The zero-order valence-corrected chi connectivity index (χ0v) is 32.6. The number of aromatic nitrogens is 4. The Kier molecular flexibility index (Phi) is 7.21. The van der Waals surface area contributed by atoms with E-state index in [0.717, 1.165) is 104 Å². The number of para-hydroxylation sites is 5. The van der Waals surface area contributed by atoms with Gasteiger partial charge in [-0.15, -0.1) is 0 Å². The standard InChI is InChI=1S/C55H32N4O2/c1-2-14-33(15-3-1)34-28-30-35(31-29-34)53-56-54(58-55(57-53)59-45-25-9-6-18-38(45)39-19-7-10-26-46(39)59)44-24-13-22-41-40-21-12-23-43(51(40)61-52(41)44)49-37-17-5-4-16-36(37)32-48-50(49)42-20-8-11-27-47(42)60-48/h1-32H. The first-order valence-electron chi connectivity index (χ1n) is 20.4. The van der Waals surface area contributed by atoms with E-state index >= 15 is 0 Å². The maximum absolute atomic E-state index is 7.15. The molecule has 9 aromatic carbocycles. The van der Waals surface area contributed by atoms with Gasteiger partial charge >= 0.3 is 0 Å². The van der Waals surface area contributed by atoms with Crippen molar-refractivity contribution in [2.24, 2.45) is 0 Å². The highest BCUT2D eigenvalue weighted by Gasteiger charge is 2.24. The number of fused-ring (bicyclic) bond motifs is 10. The molecule has 0 radical (unpaired) electrons. The maximum Gasteiger partial charge on any atom is 0.238 e. The number of nitrogens with zero attached hydrogens (tertiary/aromatic N) is 4. The topological polar surface area (TPSA) is 69.9 Å². The van der Waals surface area contributed by atoms with Crippen LogP contribution in [-0.4, -0.2) is 19.5 Å². The highest BCUT2D eigenvalue weighted by atomic mass is 16.3. The summed E-state index contributed by atoms with van der Waals surface area (Å²) >= 11 is 0. The summed E-state index contributed by atoms with van der Waals surface area (Å²) in [5.74, 6) is 1.62. The molecule has 0 aliphatic heterocycles. The lowest BCUT2D eigenvalue weighted by molar-refractivity contribution is 0.669. The molecule has 0 N–H and O–H groups in total. The average molecular weight is 781 g/mol. The molecule has 4 heterocycles. The Hall–Kier alpha value is -8.35. The van der Waals surface area contributed by atoms with Gasteiger partial charge in [0.2, 0.25) is 5.95 Å². The zero-order chi connectivity index (χ0) is 40.0. The lowest BCUT2D eigenvalue weighted by atomic mass is 9.92. The van der Waals surface area contributed by atoms with Crippen LogP contribution < -0.4 is 0 Å². The zero-order valence-electron chi connectivity index (χ0n) is 32.6. The molecule has 0 saturated carbocycles. The van der Waals surface area contributed by atoms with E-state index in [2.05, 4.69) is 180 Å². The smallest absolute Gasteiger partial charge is 0.238 e. The predicted molar refractivity (Wildman–Crippen MR) is 248 cm³/mol. The molecule has 0 aliphatic rings. The molecule has 13 aromatic rings. The second-order valence-electron chi connectivity index (χ2n) is 15.5. The van der Waals surface area contributed by atoms with Crippen molar-refractivity contribution < 1.29 is 8.83 Å². The molecule has 6 nitrogen and oxygen atoms in total. The van der Waals surface area contributed by atoms with Crippen molar-refractivity contribution in [1.29, 1.82) is 0 Å². The molecule has 0 aliphatic carbocycles. The molecule has 13 rings (SSSR count). The fraction of sp³-hybridized carbons (Fsp3) is 0. The second kappa shape index (κ2) is 13.1. The molecular formula is C55H32N4O2. The molecule has 0 amide bonds. The van der Waals surface area contributed by atoms with Crippen molar-refractivity contribution in [2.45, 2.75) is 0 Å². The first-order chi connectivity index (χ1) is 30.2. The van der Waals surface area contributed by atoms with Gasteiger partial charge in [-0.2, -0.15) is 9.97 Å². The monoisotopic (exact) mass is 780 g/mol. The third-order valence-electron chi connectivity index (χ3n) is 12.1. The SMILES string of the molecule is c1ccc(-c2ccc(-c3nc(-c4cccc5c4oc4c(-c6c7ccccc7cc7oc8ccccc8c67)cccc45)nc(-n4c5ccccc5c5ccccc54)n3)cc2)cc1. The normalized spacial score (nSPS) is 11.9. The Morgan fingerprint density at radius 2 is 0.918 bits per heavy atom. The molecule has 0 atom stereocenters. The number of furan rings is 2. The summed E-state index contributed by atoms with van der Waals surface area (Å²) in [5.41, 5.74) is 11.3. The van der Waals surface area contributed by atoms with Gasteiger partial charge in [0, 0.05) is 49.0 Å². The average Bonchev–Trinajstić information content (AvgIpc) is 4.01. The molecule has 0 fully saturated rings. The fourth-order valence-electron chi connectivity index (χ4n) is 9.32. The van der Waals surface area contributed by atoms with Crippen molar-refractivity contribution in [1.82, 2.24) is 19.5 Å². The minimum Gasteiger partial charge on any atom is -0.456 e. The van der Waals surface area contributed by atoms with E-state index in [1.165, 1.54) is 0 Å². The number of hydrogen-bond acceptors (Lipinski definition) is 5. The van der Waals surface area contributed by atoms with Gasteiger partial charge in [-0.05, 0) is 52.2 Å². The van der Waals surface area contributed by atoms with Crippen LogP contribution in [-0.2, 0) is 0 Å². The predicted octanol–water partition coefficient (Wildman–Crippen LogP) is 14.6. The van der Waals surface area contributed by atoms with E-state index in [9.17, 15) is 0 Å². The largest absolute Gasteiger partial charge is 0.456 e. The van der Waals surface area contributed by atoms with Crippen LogP contribution in [0.2, 0.25) is 0 Å². The quantitative estimate of drug-likeness (QED) is 0.174. The summed E-state index contributed by atoms with van der Waals surface area (Å²) in [6.45, 7) is 0. The summed E-state index contributed by atoms with van der Waals surface area (Å²) in [7, 11) is 0. The number of hydrogen-bond donors (Lipinski definition) is 0. The van der Waals surface area contributed by atoms with E-state index in [1.54, 1.807) is 0 Å². The third-order valence-corrected chi connectivity index (χ3v) is 12.1. The van der Waals surface area contributed by atoms with Crippen LogP contribution in [0.1, 0.15) is 0 Å². The van der Waals surface area contributed by atoms with Gasteiger partial charge in [0.05, 0.1) is 16.6 Å². The Morgan fingerprint density at radius 1 is 0.361 bits per heavy atom. The molecule has 0 saturated heterocycles. The van der Waals surface area contributed by atoms with Crippen molar-refractivity contribution in [2.75, 3.05) is 0 Å². The van der Waals surface area contributed by atoms with Crippen molar-refractivity contribution >= 4 is 76.5 Å². The van der Waals surface area contributed by atoms with Crippen LogP contribution in [0.25, 0.3) is 127 Å². The summed E-state index contributed by atoms with van der Waals surface area (Å²) in [6.07, 6.45) is 0. The van der Waals surface area contributed by atoms with Crippen LogP contribution in [0, 0.1) is 0 Å². The molecule has 0 unspecified atom stereocenters.